The van der Waals surface area contributed by atoms with Crippen LogP contribution in [0.15, 0.2) is 39.6 Å². The molecule has 114 valence electrons. The molecular weight excluding hydrogens is 312 g/mol. The summed E-state index contributed by atoms with van der Waals surface area (Å²) >= 11 is 3.40. The van der Waals surface area contributed by atoms with E-state index in [4.69, 9.17) is 0 Å². The van der Waals surface area contributed by atoms with Gasteiger partial charge in [0.1, 0.15) is 0 Å². The molecule has 2 aromatic rings. The molecule has 0 spiro atoms. The first-order valence-corrected chi connectivity index (χ1v) is 9.45. The van der Waals surface area contributed by atoms with Crippen molar-refractivity contribution >= 4 is 35.2 Å². The van der Waals surface area contributed by atoms with Gasteiger partial charge in [-0.3, -0.25) is 4.79 Å². The molecule has 1 aromatic heterocycles. The molecule has 1 amide bonds. The Morgan fingerprint density at radius 1 is 1.27 bits per heavy atom. The van der Waals surface area contributed by atoms with E-state index in [1.165, 1.54) is 28.2 Å². The number of thioether (sulfide) groups is 1. The monoisotopic (exact) mass is 330 g/mol. The van der Waals surface area contributed by atoms with Crippen LogP contribution >= 0.6 is 23.1 Å². The van der Waals surface area contributed by atoms with E-state index < -0.39 is 0 Å². The van der Waals surface area contributed by atoms with Crippen molar-refractivity contribution < 1.29 is 4.79 Å². The topological polar surface area (TPSA) is 41.5 Å². The van der Waals surface area contributed by atoms with E-state index in [2.05, 4.69) is 10.5 Å². The van der Waals surface area contributed by atoms with Crippen molar-refractivity contribution in [2.75, 3.05) is 6.26 Å². The molecule has 3 rings (SSSR count). The number of thiophene rings is 1. The molecule has 1 aliphatic carbocycles. The number of carbonyl (C=O) groups is 1. The van der Waals surface area contributed by atoms with Crippen molar-refractivity contribution in [2.45, 2.75) is 30.6 Å². The largest absolute Gasteiger partial charge is 0.272 e. The highest BCUT2D eigenvalue weighted by molar-refractivity contribution is 7.98. The summed E-state index contributed by atoms with van der Waals surface area (Å²) < 4.78 is 0. The molecule has 1 N–H and O–H groups in total. The summed E-state index contributed by atoms with van der Waals surface area (Å²) in [7, 11) is 0. The number of rotatable bonds is 4. The second-order valence-electron chi connectivity index (χ2n) is 5.23. The van der Waals surface area contributed by atoms with E-state index in [0.29, 0.717) is 0 Å². The summed E-state index contributed by atoms with van der Waals surface area (Å²) in [5.74, 6) is -0.101. The Morgan fingerprint density at radius 2 is 2.05 bits per heavy atom. The summed E-state index contributed by atoms with van der Waals surface area (Å²) in [5, 5.41) is 6.04. The number of benzene rings is 1. The van der Waals surface area contributed by atoms with Crippen molar-refractivity contribution in [3.63, 3.8) is 0 Å². The zero-order valence-electron chi connectivity index (χ0n) is 12.5. The quantitative estimate of drug-likeness (QED) is 0.521. The number of hydrazone groups is 1. The van der Waals surface area contributed by atoms with Crippen LogP contribution in [0.4, 0.5) is 0 Å². The van der Waals surface area contributed by atoms with Crippen LogP contribution in [0, 0.1) is 0 Å². The van der Waals surface area contributed by atoms with E-state index in [1.54, 1.807) is 29.3 Å². The maximum atomic E-state index is 12.2. The van der Waals surface area contributed by atoms with Gasteiger partial charge in [-0.2, -0.15) is 5.10 Å². The molecule has 1 heterocycles. The molecule has 3 nitrogen and oxygen atoms in total. The zero-order valence-corrected chi connectivity index (χ0v) is 14.1. The third-order valence-electron chi connectivity index (χ3n) is 3.80. The van der Waals surface area contributed by atoms with Gasteiger partial charge >= 0.3 is 0 Å². The Bertz CT molecular complexity index is 689. The first-order chi connectivity index (χ1) is 10.8. The number of hydrogen-bond donors (Lipinski definition) is 1. The third-order valence-corrected chi connectivity index (χ3v) is 5.63. The van der Waals surface area contributed by atoms with E-state index in [1.807, 2.05) is 35.9 Å². The molecule has 0 atom stereocenters. The third kappa shape index (κ3) is 3.42. The smallest absolute Gasteiger partial charge is 0.267 e. The minimum Gasteiger partial charge on any atom is -0.267 e. The Hall–Kier alpha value is -1.59. The average molecular weight is 330 g/mol. The summed E-state index contributed by atoms with van der Waals surface area (Å²) in [6.45, 7) is 0. The summed E-state index contributed by atoms with van der Waals surface area (Å²) in [6, 6.07) is 8.08. The van der Waals surface area contributed by atoms with Crippen LogP contribution in [-0.2, 0) is 12.8 Å². The van der Waals surface area contributed by atoms with E-state index in [0.717, 1.165) is 24.0 Å². The van der Waals surface area contributed by atoms with Gasteiger partial charge < -0.3 is 0 Å². The van der Waals surface area contributed by atoms with Gasteiger partial charge in [0, 0.05) is 15.2 Å². The molecule has 22 heavy (non-hydrogen) atoms. The summed E-state index contributed by atoms with van der Waals surface area (Å²) in [4.78, 5) is 14.8. The van der Waals surface area contributed by atoms with Gasteiger partial charge in [0.25, 0.3) is 5.91 Å². The van der Waals surface area contributed by atoms with Crippen LogP contribution in [0.2, 0.25) is 0 Å². The first-order valence-electron chi connectivity index (χ1n) is 7.34. The van der Waals surface area contributed by atoms with Gasteiger partial charge in [-0.15, -0.1) is 23.1 Å². The Labute approximate surface area is 138 Å². The molecule has 0 unspecified atom stereocenters. The lowest BCUT2D eigenvalue weighted by Gasteiger charge is -2.11. The Morgan fingerprint density at radius 3 is 2.82 bits per heavy atom. The molecule has 0 saturated heterocycles. The van der Waals surface area contributed by atoms with E-state index in [9.17, 15) is 4.79 Å². The number of fused-ring (bicyclic) bond motifs is 1. The average Bonchev–Trinajstić information content (AvgIpc) is 2.99. The molecule has 0 bridgehead atoms. The molecule has 0 saturated carbocycles. The number of hydrogen-bond acceptors (Lipinski definition) is 4. The van der Waals surface area contributed by atoms with Crippen LogP contribution in [0.25, 0.3) is 0 Å². The Balaban J connectivity index is 1.64. The van der Waals surface area contributed by atoms with E-state index >= 15 is 0 Å². The number of aryl methyl sites for hydroxylation is 1. The predicted octanol–water partition coefficient (Wildman–Crippen LogP) is 4.11. The normalized spacial score (nSPS) is 14.0. The highest BCUT2D eigenvalue weighted by Crippen LogP contribution is 2.30. The molecule has 1 aromatic carbocycles. The number of carbonyl (C=O) groups excluding carboxylic acids is 1. The van der Waals surface area contributed by atoms with Crippen LogP contribution in [0.1, 0.15) is 39.2 Å². The number of nitrogens with one attached hydrogen (secondary N) is 1. The molecule has 1 aliphatic rings. The second-order valence-corrected chi connectivity index (χ2v) is 7.07. The fourth-order valence-corrected chi connectivity index (χ4v) is 4.13. The highest BCUT2D eigenvalue weighted by Gasteiger charge is 2.19. The van der Waals surface area contributed by atoms with Gasteiger partial charge in [-0.25, -0.2) is 5.43 Å². The molecule has 0 aliphatic heterocycles. The maximum absolute atomic E-state index is 12.2. The van der Waals surface area contributed by atoms with Gasteiger partial charge in [-0.1, -0.05) is 12.1 Å². The highest BCUT2D eigenvalue weighted by atomic mass is 32.2. The van der Waals surface area contributed by atoms with Gasteiger partial charge in [0.05, 0.1) is 11.8 Å². The Kier molecular flexibility index (Phi) is 4.95. The maximum Gasteiger partial charge on any atom is 0.272 e. The number of amides is 1. The minimum absolute atomic E-state index is 0.101. The fraction of sp³-hybridized carbons (Fsp3) is 0.294. The van der Waals surface area contributed by atoms with Crippen LogP contribution in [0.3, 0.4) is 0 Å². The van der Waals surface area contributed by atoms with Crippen molar-refractivity contribution in [3.8, 4) is 0 Å². The lowest BCUT2D eigenvalue weighted by atomic mass is 9.96. The molecular formula is C17H18N2OS2. The second kappa shape index (κ2) is 7.11. The standard InChI is InChI=1S/C17H18N2OS2/c1-21-13-8-6-12(7-9-13)10-18-19-17(20)15-11-22-16-5-3-2-4-14(15)16/h6-11H,2-5H2,1H3,(H,19,20). The SMILES string of the molecule is CSc1ccc(C=NNC(=O)c2csc3c2CCCC3)cc1. The van der Waals surface area contributed by atoms with E-state index in [-0.39, 0.29) is 5.91 Å². The minimum atomic E-state index is -0.101. The van der Waals surface area contributed by atoms with Gasteiger partial charge in [0.2, 0.25) is 0 Å². The van der Waals surface area contributed by atoms with Crippen molar-refractivity contribution in [1.82, 2.24) is 5.43 Å². The first kappa shape index (κ1) is 15.3. The lowest BCUT2D eigenvalue weighted by molar-refractivity contribution is 0.0954. The molecule has 0 radical (unpaired) electrons. The lowest BCUT2D eigenvalue weighted by Crippen LogP contribution is -2.19. The molecule has 5 heteroatoms. The van der Waals surface area contributed by atoms with Gasteiger partial charge in [0.15, 0.2) is 0 Å². The van der Waals surface area contributed by atoms with Crippen LogP contribution < -0.4 is 5.43 Å². The summed E-state index contributed by atoms with van der Waals surface area (Å²) in [6.07, 6.45) is 8.26. The van der Waals surface area contributed by atoms with Crippen molar-refractivity contribution in [1.29, 1.82) is 0 Å². The zero-order chi connectivity index (χ0) is 15.4. The predicted molar refractivity (Wildman–Crippen MR) is 94.2 cm³/mol. The number of nitrogens with zero attached hydrogens (tertiary/aromatic N) is 1. The van der Waals surface area contributed by atoms with Crippen molar-refractivity contribution in [2.24, 2.45) is 5.10 Å². The molecule has 0 fully saturated rings. The van der Waals surface area contributed by atoms with Gasteiger partial charge in [-0.05, 0) is 55.2 Å². The fourth-order valence-electron chi connectivity index (χ4n) is 2.60. The van der Waals surface area contributed by atoms with Crippen LogP contribution in [-0.4, -0.2) is 18.4 Å². The van der Waals surface area contributed by atoms with Crippen LogP contribution in [0.5, 0.6) is 0 Å². The summed E-state index contributed by atoms with van der Waals surface area (Å²) in [5.41, 5.74) is 5.65. The van der Waals surface area contributed by atoms with Crippen molar-refractivity contribution in [3.05, 3.63) is 51.2 Å².